The van der Waals surface area contributed by atoms with Gasteiger partial charge in [-0.3, -0.25) is 4.79 Å². The lowest BCUT2D eigenvalue weighted by molar-refractivity contribution is -0.121. The van der Waals surface area contributed by atoms with E-state index in [-0.39, 0.29) is 5.91 Å². The first-order valence-electron chi connectivity index (χ1n) is 7.70. The molecule has 0 spiro atoms. The Morgan fingerprint density at radius 1 is 1.45 bits per heavy atom. The van der Waals surface area contributed by atoms with E-state index in [1.807, 2.05) is 12.4 Å². The number of nitrogens with one attached hydrogen (secondary N) is 1. The number of carbonyl (C=O) groups is 1. The highest BCUT2D eigenvalue weighted by Gasteiger charge is 2.22. The molecule has 3 rings (SSSR count). The molecule has 1 amide bonds. The second-order valence-corrected chi connectivity index (χ2v) is 6.61. The maximum absolute atomic E-state index is 11.9. The quantitative estimate of drug-likeness (QED) is 0.885. The van der Waals surface area contributed by atoms with Gasteiger partial charge in [0.25, 0.3) is 0 Å². The third kappa shape index (κ3) is 3.71. The molecule has 0 unspecified atom stereocenters. The van der Waals surface area contributed by atoms with Crippen LogP contribution in [0.25, 0.3) is 0 Å². The van der Waals surface area contributed by atoms with Gasteiger partial charge in [0.1, 0.15) is 0 Å². The van der Waals surface area contributed by atoms with Gasteiger partial charge >= 0.3 is 0 Å². The van der Waals surface area contributed by atoms with Crippen molar-refractivity contribution in [2.24, 2.45) is 0 Å². The number of nitrogens with zero attached hydrogens (tertiary/aromatic N) is 3. The molecule has 0 atom stereocenters. The molecule has 7 heteroatoms. The molecule has 2 aromatic rings. The number of aromatic nitrogens is 3. The minimum absolute atomic E-state index is 0.0000152. The van der Waals surface area contributed by atoms with E-state index in [0.717, 1.165) is 30.8 Å². The molecule has 0 saturated heterocycles. The standard InChI is InChI=1S/C15H20N4O2S/c1-10-12(22-9-17-10)6-7-14(20)16-8-13-18-15(21-19-13)11-4-2-3-5-11/h9,11H,2-8H2,1H3,(H,16,20). The number of rotatable bonds is 6. The molecule has 2 aromatic heterocycles. The Hall–Kier alpha value is -1.76. The first kappa shape index (κ1) is 15.1. The van der Waals surface area contributed by atoms with E-state index < -0.39 is 0 Å². The van der Waals surface area contributed by atoms with Crippen LogP contribution in [0.5, 0.6) is 0 Å². The van der Waals surface area contributed by atoms with Crippen molar-refractivity contribution in [3.63, 3.8) is 0 Å². The second-order valence-electron chi connectivity index (χ2n) is 5.67. The second kappa shape index (κ2) is 7.00. The van der Waals surface area contributed by atoms with Crippen molar-refractivity contribution in [2.75, 3.05) is 0 Å². The molecule has 1 saturated carbocycles. The van der Waals surface area contributed by atoms with E-state index in [4.69, 9.17) is 4.52 Å². The number of thiazole rings is 1. The molecule has 1 aliphatic rings. The number of aryl methyl sites for hydroxylation is 2. The average Bonchev–Trinajstić information content (AvgIpc) is 3.24. The van der Waals surface area contributed by atoms with Crippen molar-refractivity contribution >= 4 is 17.2 Å². The van der Waals surface area contributed by atoms with Crippen LogP contribution in [0.3, 0.4) is 0 Å². The molecule has 0 radical (unpaired) electrons. The summed E-state index contributed by atoms with van der Waals surface area (Å²) in [6.07, 6.45) is 5.90. The van der Waals surface area contributed by atoms with Crippen molar-refractivity contribution < 1.29 is 9.32 Å². The molecule has 1 fully saturated rings. The van der Waals surface area contributed by atoms with E-state index in [0.29, 0.717) is 24.7 Å². The molecule has 6 nitrogen and oxygen atoms in total. The monoisotopic (exact) mass is 320 g/mol. The normalized spacial score (nSPS) is 15.3. The van der Waals surface area contributed by atoms with Gasteiger partial charge in [0.05, 0.1) is 17.7 Å². The average molecular weight is 320 g/mol. The van der Waals surface area contributed by atoms with Crippen LogP contribution in [-0.4, -0.2) is 21.0 Å². The zero-order valence-corrected chi connectivity index (χ0v) is 13.5. The largest absolute Gasteiger partial charge is 0.349 e. The van der Waals surface area contributed by atoms with E-state index in [1.54, 1.807) is 11.3 Å². The third-order valence-corrected chi connectivity index (χ3v) is 5.05. The van der Waals surface area contributed by atoms with Crippen molar-refractivity contribution in [1.29, 1.82) is 0 Å². The molecule has 0 bridgehead atoms. The lowest BCUT2D eigenvalue weighted by Gasteiger charge is -2.02. The molecule has 2 heterocycles. The number of carbonyl (C=O) groups excluding carboxylic acids is 1. The Kier molecular flexibility index (Phi) is 4.82. The number of amides is 1. The van der Waals surface area contributed by atoms with E-state index in [1.165, 1.54) is 17.7 Å². The van der Waals surface area contributed by atoms with Crippen LogP contribution < -0.4 is 5.32 Å². The first-order chi connectivity index (χ1) is 10.7. The highest BCUT2D eigenvalue weighted by molar-refractivity contribution is 7.09. The molecule has 118 valence electrons. The summed E-state index contributed by atoms with van der Waals surface area (Å²) in [7, 11) is 0. The predicted molar refractivity (Wildman–Crippen MR) is 82.5 cm³/mol. The summed E-state index contributed by atoms with van der Waals surface area (Å²) < 4.78 is 5.30. The summed E-state index contributed by atoms with van der Waals surface area (Å²) >= 11 is 1.59. The van der Waals surface area contributed by atoms with Crippen LogP contribution in [0.1, 0.15) is 60.3 Å². The third-order valence-electron chi connectivity index (χ3n) is 4.06. The van der Waals surface area contributed by atoms with Gasteiger partial charge < -0.3 is 9.84 Å². The topological polar surface area (TPSA) is 80.9 Å². The van der Waals surface area contributed by atoms with Crippen molar-refractivity contribution in [1.82, 2.24) is 20.4 Å². The van der Waals surface area contributed by atoms with Crippen LogP contribution in [0.15, 0.2) is 10.0 Å². The molecular weight excluding hydrogens is 300 g/mol. The summed E-state index contributed by atoms with van der Waals surface area (Å²) in [6, 6.07) is 0. The maximum atomic E-state index is 11.9. The summed E-state index contributed by atoms with van der Waals surface area (Å²) in [4.78, 5) is 21.6. The van der Waals surface area contributed by atoms with Crippen molar-refractivity contribution in [2.45, 2.75) is 57.9 Å². The lowest BCUT2D eigenvalue weighted by atomic mass is 10.1. The summed E-state index contributed by atoms with van der Waals surface area (Å²) in [5.74, 6) is 1.69. The van der Waals surface area contributed by atoms with Crippen LogP contribution >= 0.6 is 11.3 Å². The van der Waals surface area contributed by atoms with Gasteiger partial charge in [-0.1, -0.05) is 18.0 Å². The van der Waals surface area contributed by atoms with E-state index in [2.05, 4.69) is 20.4 Å². The van der Waals surface area contributed by atoms with Gasteiger partial charge in [-0.05, 0) is 26.2 Å². The van der Waals surface area contributed by atoms with Gasteiger partial charge in [0.2, 0.25) is 11.8 Å². The van der Waals surface area contributed by atoms with Crippen LogP contribution in [-0.2, 0) is 17.8 Å². The van der Waals surface area contributed by atoms with Gasteiger partial charge in [0.15, 0.2) is 5.82 Å². The zero-order valence-electron chi connectivity index (χ0n) is 12.7. The van der Waals surface area contributed by atoms with Gasteiger partial charge in [0, 0.05) is 17.2 Å². The smallest absolute Gasteiger partial charge is 0.229 e. The van der Waals surface area contributed by atoms with E-state index in [9.17, 15) is 4.79 Å². The Morgan fingerprint density at radius 2 is 2.27 bits per heavy atom. The highest BCUT2D eigenvalue weighted by Crippen LogP contribution is 2.32. The SMILES string of the molecule is Cc1ncsc1CCC(=O)NCc1noc(C2CCCC2)n1. The number of hydrogen-bond donors (Lipinski definition) is 1. The summed E-state index contributed by atoms with van der Waals surface area (Å²) in [5, 5.41) is 6.79. The molecule has 1 aliphatic carbocycles. The van der Waals surface area contributed by atoms with Gasteiger partial charge in [-0.25, -0.2) is 4.98 Å². The number of hydrogen-bond acceptors (Lipinski definition) is 6. The fourth-order valence-corrected chi connectivity index (χ4v) is 3.52. The first-order valence-corrected chi connectivity index (χ1v) is 8.58. The summed E-state index contributed by atoms with van der Waals surface area (Å²) in [6.45, 7) is 2.30. The van der Waals surface area contributed by atoms with Crippen LogP contribution in [0, 0.1) is 6.92 Å². The fraction of sp³-hybridized carbons (Fsp3) is 0.600. The van der Waals surface area contributed by atoms with Crippen molar-refractivity contribution in [3.05, 3.63) is 27.8 Å². The fourth-order valence-electron chi connectivity index (χ4n) is 2.74. The minimum Gasteiger partial charge on any atom is -0.349 e. The predicted octanol–water partition coefficient (Wildman–Crippen LogP) is 2.74. The Bertz CT molecular complexity index is 631. The van der Waals surface area contributed by atoms with E-state index >= 15 is 0 Å². The molecule has 22 heavy (non-hydrogen) atoms. The van der Waals surface area contributed by atoms with Crippen molar-refractivity contribution in [3.8, 4) is 0 Å². The summed E-state index contributed by atoms with van der Waals surface area (Å²) in [5.41, 5.74) is 2.82. The molecule has 0 aromatic carbocycles. The lowest BCUT2D eigenvalue weighted by Crippen LogP contribution is -2.23. The molecular formula is C15H20N4O2S. The Labute approximate surface area is 133 Å². The van der Waals surface area contributed by atoms with Crippen LogP contribution in [0.2, 0.25) is 0 Å². The van der Waals surface area contributed by atoms with Gasteiger partial charge in [-0.2, -0.15) is 4.98 Å². The van der Waals surface area contributed by atoms with Crippen LogP contribution in [0.4, 0.5) is 0 Å². The van der Waals surface area contributed by atoms with Gasteiger partial charge in [-0.15, -0.1) is 11.3 Å². The highest BCUT2D eigenvalue weighted by atomic mass is 32.1. The minimum atomic E-state index is 0.0000152. The Morgan fingerprint density at radius 3 is 3.00 bits per heavy atom. The molecule has 0 aliphatic heterocycles. The maximum Gasteiger partial charge on any atom is 0.229 e. The molecule has 1 N–H and O–H groups in total. The Balaban J connectivity index is 1.44. The zero-order chi connectivity index (χ0) is 15.4.